The van der Waals surface area contributed by atoms with E-state index in [9.17, 15) is 0 Å². The minimum absolute atomic E-state index is 0.711. The van der Waals surface area contributed by atoms with E-state index in [0.717, 1.165) is 11.8 Å². The van der Waals surface area contributed by atoms with E-state index in [1.54, 1.807) is 0 Å². The number of hydrogen-bond donors (Lipinski definition) is 0. The first-order valence-corrected chi connectivity index (χ1v) is 5.70. The van der Waals surface area contributed by atoms with Gasteiger partial charge in [0.1, 0.15) is 0 Å². The molecule has 13 heavy (non-hydrogen) atoms. The van der Waals surface area contributed by atoms with Gasteiger partial charge < -0.3 is 0 Å². The molecule has 78 valence electrons. The van der Waals surface area contributed by atoms with Crippen molar-refractivity contribution in [3.63, 3.8) is 0 Å². The van der Waals surface area contributed by atoms with Crippen molar-refractivity contribution >= 4 is 0 Å². The Labute approximate surface area is 84.4 Å². The second-order valence-corrected chi connectivity index (χ2v) is 4.82. The van der Waals surface area contributed by atoms with Crippen molar-refractivity contribution in [3.05, 3.63) is 12.2 Å². The predicted octanol–water partition coefficient (Wildman–Crippen LogP) is 4.66. The lowest BCUT2D eigenvalue weighted by molar-refractivity contribution is 0.383. The number of hydrogen-bond acceptors (Lipinski definition) is 0. The monoisotopic (exact) mass is 182 g/mol. The topological polar surface area (TPSA) is 0 Å². The highest BCUT2D eigenvalue weighted by Crippen LogP contribution is 2.17. The van der Waals surface area contributed by atoms with Gasteiger partial charge in [-0.05, 0) is 30.6 Å². The Bertz CT molecular complexity index is 131. The first kappa shape index (κ1) is 12.7. The third-order valence-electron chi connectivity index (χ3n) is 2.69. The molecule has 0 rings (SSSR count). The molecule has 0 nitrogen and oxygen atoms in total. The van der Waals surface area contributed by atoms with Gasteiger partial charge in [-0.2, -0.15) is 0 Å². The minimum Gasteiger partial charge on any atom is -0.0883 e. The predicted molar refractivity (Wildman–Crippen MR) is 61.8 cm³/mol. The van der Waals surface area contributed by atoms with Crippen LogP contribution in [0.5, 0.6) is 0 Å². The summed E-state index contributed by atoms with van der Waals surface area (Å²) in [6, 6.07) is 0. The highest BCUT2D eigenvalue weighted by molar-refractivity contribution is 4.84. The Hall–Kier alpha value is -0.260. The molecule has 0 fully saturated rings. The van der Waals surface area contributed by atoms with Crippen molar-refractivity contribution in [2.45, 2.75) is 53.9 Å². The fraction of sp³-hybridized carbons (Fsp3) is 0.846. The van der Waals surface area contributed by atoms with Gasteiger partial charge in [0.15, 0.2) is 0 Å². The zero-order valence-corrected chi connectivity index (χ0v) is 10.0. The van der Waals surface area contributed by atoms with Crippen LogP contribution in [0.1, 0.15) is 53.9 Å². The van der Waals surface area contributed by atoms with Gasteiger partial charge in [-0.15, -0.1) is 0 Å². The summed E-state index contributed by atoms with van der Waals surface area (Å²) >= 11 is 0. The molecule has 0 bridgehead atoms. The quantitative estimate of drug-likeness (QED) is 0.414. The molecule has 0 aliphatic carbocycles. The Morgan fingerprint density at radius 2 is 1.62 bits per heavy atom. The van der Waals surface area contributed by atoms with Crippen LogP contribution in [0.3, 0.4) is 0 Å². The zero-order valence-electron chi connectivity index (χ0n) is 10.0. The Morgan fingerprint density at radius 1 is 1.00 bits per heavy atom. The highest BCUT2D eigenvalue weighted by atomic mass is 14.1. The van der Waals surface area contributed by atoms with Crippen molar-refractivity contribution in [2.24, 2.45) is 17.8 Å². The van der Waals surface area contributed by atoms with Gasteiger partial charge in [-0.3, -0.25) is 0 Å². The van der Waals surface area contributed by atoms with Gasteiger partial charge in [0.25, 0.3) is 0 Å². The molecule has 0 saturated heterocycles. The van der Waals surface area contributed by atoms with Gasteiger partial charge in [-0.25, -0.2) is 0 Å². The molecule has 0 aliphatic heterocycles. The molecule has 0 heteroatoms. The maximum atomic E-state index is 2.36. The molecular formula is C13H26. The van der Waals surface area contributed by atoms with Crippen molar-refractivity contribution in [3.8, 4) is 0 Å². The minimum atomic E-state index is 0.711. The number of rotatable bonds is 6. The van der Waals surface area contributed by atoms with Crippen molar-refractivity contribution < 1.29 is 0 Å². The molecule has 0 radical (unpaired) electrons. The van der Waals surface area contributed by atoms with Crippen LogP contribution in [0, 0.1) is 17.8 Å². The first-order chi connectivity index (χ1) is 6.04. The zero-order chi connectivity index (χ0) is 10.3. The fourth-order valence-corrected chi connectivity index (χ4v) is 1.26. The summed E-state index contributed by atoms with van der Waals surface area (Å²) < 4.78 is 0. The standard InChI is InChI=1S/C13H26/c1-11(2)9-7-6-8-10-13(5)12(3)4/h7,9,11-13H,6,8,10H2,1-5H3/b9-7+/t13-/m0/s1. The van der Waals surface area contributed by atoms with Gasteiger partial charge in [-0.1, -0.05) is 53.2 Å². The van der Waals surface area contributed by atoms with E-state index < -0.39 is 0 Å². The summed E-state index contributed by atoms with van der Waals surface area (Å²) in [6.45, 7) is 11.4. The van der Waals surface area contributed by atoms with E-state index in [2.05, 4.69) is 46.8 Å². The van der Waals surface area contributed by atoms with Gasteiger partial charge in [0, 0.05) is 0 Å². The molecule has 0 heterocycles. The summed E-state index contributed by atoms with van der Waals surface area (Å²) in [5.74, 6) is 2.43. The maximum absolute atomic E-state index is 2.36. The largest absolute Gasteiger partial charge is 0.0883 e. The Kier molecular flexibility index (Phi) is 7.03. The van der Waals surface area contributed by atoms with E-state index in [1.807, 2.05) is 0 Å². The van der Waals surface area contributed by atoms with Crippen molar-refractivity contribution in [2.75, 3.05) is 0 Å². The van der Waals surface area contributed by atoms with Gasteiger partial charge in [0.2, 0.25) is 0 Å². The lowest BCUT2D eigenvalue weighted by Gasteiger charge is -2.14. The molecule has 0 amide bonds. The fourth-order valence-electron chi connectivity index (χ4n) is 1.26. The summed E-state index contributed by atoms with van der Waals surface area (Å²) in [5, 5.41) is 0. The average Bonchev–Trinajstić information content (AvgIpc) is 2.02. The molecule has 0 N–H and O–H groups in total. The number of allylic oxidation sites excluding steroid dienone is 2. The van der Waals surface area contributed by atoms with E-state index in [4.69, 9.17) is 0 Å². The summed E-state index contributed by atoms with van der Waals surface area (Å²) in [5.41, 5.74) is 0. The van der Waals surface area contributed by atoms with Crippen LogP contribution in [0.15, 0.2) is 12.2 Å². The SMILES string of the molecule is CC(C)/C=C/CCC[C@H](C)C(C)C. The molecule has 0 saturated carbocycles. The Morgan fingerprint density at radius 3 is 2.08 bits per heavy atom. The lowest BCUT2D eigenvalue weighted by atomic mass is 9.92. The average molecular weight is 182 g/mol. The van der Waals surface area contributed by atoms with Crippen molar-refractivity contribution in [1.29, 1.82) is 0 Å². The van der Waals surface area contributed by atoms with E-state index in [-0.39, 0.29) is 0 Å². The van der Waals surface area contributed by atoms with Crippen LogP contribution >= 0.6 is 0 Å². The molecule has 0 aliphatic rings. The summed E-state index contributed by atoms with van der Waals surface area (Å²) in [7, 11) is 0. The molecular weight excluding hydrogens is 156 g/mol. The van der Waals surface area contributed by atoms with Crippen LogP contribution in [0.25, 0.3) is 0 Å². The van der Waals surface area contributed by atoms with Gasteiger partial charge >= 0.3 is 0 Å². The van der Waals surface area contributed by atoms with E-state index in [0.29, 0.717) is 5.92 Å². The third-order valence-corrected chi connectivity index (χ3v) is 2.69. The van der Waals surface area contributed by atoms with Gasteiger partial charge in [0.05, 0.1) is 0 Å². The highest BCUT2D eigenvalue weighted by Gasteiger charge is 2.04. The molecule has 0 aromatic heterocycles. The maximum Gasteiger partial charge on any atom is -0.0290 e. The first-order valence-electron chi connectivity index (χ1n) is 5.70. The van der Waals surface area contributed by atoms with Crippen LogP contribution in [0.2, 0.25) is 0 Å². The summed E-state index contributed by atoms with van der Waals surface area (Å²) in [6.07, 6.45) is 8.62. The smallest absolute Gasteiger partial charge is 0.0290 e. The van der Waals surface area contributed by atoms with E-state index in [1.165, 1.54) is 19.3 Å². The third kappa shape index (κ3) is 8.08. The molecule has 0 aromatic rings. The normalized spacial score (nSPS) is 14.7. The van der Waals surface area contributed by atoms with E-state index >= 15 is 0 Å². The molecule has 0 aromatic carbocycles. The van der Waals surface area contributed by atoms with Crippen LogP contribution in [0.4, 0.5) is 0 Å². The second-order valence-electron chi connectivity index (χ2n) is 4.82. The summed E-state index contributed by atoms with van der Waals surface area (Å²) in [4.78, 5) is 0. The molecule has 0 unspecified atom stereocenters. The van der Waals surface area contributed by atoms with Crippen LogP contribution in [-0.2, 0) is 0 Å². The second kappa shape index (κ2) is 7.17. The molecule has 0 spiro atoms. The van der Waals surface area contributed by atoms with Crippen LogP contribution < -0.4 is 0 Å². The molecule has 1 atom stereocenters. The Balaban J connectivity index is 3.35. The van der Waals surface area contributed by atoms with Crippen molar-refractivity contribution in [1.82, 2.24) is 0 Å². The van der Waals surface area contributed by atoms with Crippen LogP contribution in [-0.4, -0.2) is 0 Å². The number of unbranched alkanes of at least 4 members (excludes halogenated alkanes) is 1. The lowest BCUT2D eigenvalue weighted by Crippen LogP contribution is -2.02.